The van der Waals surface area contributed by atoms with Gasteiger partial charge in [-0.15, -0.1) is 0 Å². The fourth-order valence-electron chi connectivity index (χ4n) is 1.32. The number of rotatable bonds is 7. The summed E-state index contributed by atoms with van der Waals surface area (Å²) in [5.74, 6) is -0.714. The molecule has 0 bridgehead atoms. The predicted molar refractivity (Wildman–Crippen MR) is 53.8 cm³/mol. The number of carboxylic acids is 1. The Balaban J connectivity index is 3.85. The van der Waals surface area contributed by atoms with E-state index in [2.05, 4.69) is 26.1 Å². The van der Waals surface area contributed by atoms with Crippen molar-refractivity contribution in [3.05, 3.63) is 0 Å². The molecule has 13 heavy (non-hydrogen) atoms. The van der Waals surface area contributed by atoms with E-state index in [0.29, 0.717) is 6.04 Å². The van der Waals surface area contributed by atoms with Crippen LogP contribution in [0.5, 0.6) is 0 Å². The van der Waals surface area contributed by atoms with Crippen molar-refractivity contribution in [3.63, 3.8) is 0 Å². The molecule has 0 amide bonds. The third kappa shape index (κ3) is 6.58. The zero-order chi connectivity index (χ0) is 10.3. The molecule has 0 aromatic heterocycles. The highest BCUT2D eigenvalue weighted by Crippen LogP contribution is 2.04. The first kappa shape index (κ1) is 12.4. The van der Waals surface area contributed by atoms with E-state index in [-0.39, 0.29) is 12.5 Å². The van der Waals surface area contributed by atoms with E-state index in [4.69, 9.17) is 5.11 Å². The summed E-state index contributed by atoms with van der Waals surface area (Å²) in [6, 6.07) is 0.549. The second kappa shape index (κ2) is 6.89. The maximum Gasteiger partial charge on any atom is 0.304 e. The van der Waals surface area contributed by atoms with Crippen LogP contribution in [-0.4, -0.2) is 23.2 Å². The van der Waals surface area contributed by atoms with Crippen LogP contribution in [0, 0.1) is 0 Å². The Morgan fingerprint density at radius 3 is 2.46 bits per heavy atom. The van der Waals surface area contributed by atoms with Crippen molar-refractivity contribution in [1.82, 2.24) is 5.32 Å². The molecule has 3 heteroatoms. The first-order chi connectivity index (χ1) is 6.10. The highest BCUT2D eigenvalue weighted by molar-refractivity contribution is 5.67. The van der Waals surface area contributed by atoms with Crippen molar-refractivity contribution in [3.8, 4) is 0 Å². The van der Waals surface area contributed by atoms with Crippen LogP contribution < -0.4 is 5.32 Å². The highest BCUT2D eigenvalue weighted by Gasteiger charge is 2.13. The maximum absolute atomic E-state index is 10.5. The minimum atomic E-state index is -0.714. The van der Waals surface area contributed by atoms with E-state index >= 15 is 0 Å². The molecule has 0 rings (SSSR count). The van der Waals surface area contributed by atoms with E-state index < -0.39 is 5.97 Å². The van der Waals surface area contributed by atoms with Crippen molar-refractivity contribution in [1.29, 1.82) is 0 Å². The van der Waals surface area contributed by atoms with Crippen LogP contribution in [0.1, 0.15) is 46.5 Å². The monoisotopic (exact) mass is 187 g/mol. The van der Waals surface area contributed by atoms with Crippen molar-refractivity contribution in [2.24, 2.45) is 0 Å². The molecule has 78 valence electrons. The molecule has 3 nitrogen and oxygen atoms in total. The Hall–Kier alpha value is -0.570. The van der Waals surface area contributed by atoms with Crippen molar-refractivity contribution >= 4 is 5.97 Å². The molecular weight excluding hydrogens is 166 g/mol. The topological polar surface area (TPSA) is 49.3 Å². The lowest BCUT2D eigenvalue weighted by Crippen LogP contribution is -2.37. The Kier molecular flexibility index (Phi) is 6.59. The van der Waals surface area contributed by atoms with Crippen molar-refractivity contribution in [2.75, 3.05) is 0 Å². The summed E-state index contributed by atoms with van der Waals surface area (Å²) in [5, 5.41) is 12.0. The SMILES string of the molecule is CCCC(CC(=O)O)NC(C)CC. The molecule has 0 saturated carbocycles. The molecular formula is C10H21NO2. The van der Waals surface area contributed by atoms with E-state index in [9.17, 15) is 4.79 Å². The van der Waals surface area contributed by atoms with Crippen LogP contribution in [0.3, 0.4) is 0 Å². The minimum absolute atomic E-state index is 0.137. The lowest BCUT2D eigenvalue weighted by molar-refractivity contribution is -0.137. The third-order valence-electron chi connectivity index (χ3n) is 2.19. The van der Waals surface area contributed by atoms with Gasteiger partial charge in [-0.05, 0) is 19.8 Å². The molecule has 0 fully saturated rings. The van der Waals surface area contributed by atoms with Gasteiger partial charge in [0.2, 0.25) is 0 Å². The fraction of sp³-hybridized carbons (Fsp3) is 0.900. The summed E-state index contributed by atoms with van der Waals surface area (Å²) < 4.78 is 0. The number of hydrogen-bond acceptors (Lipinski definition) is 2. The normalized spacial score (nSPS) is 15.3. The number of hydrogen-bond donors (Lipinski definition) is 2. The standard InChI is InChI=1S/C10H21NO2/c1-4-6-9(7-10(12)13)11-8(3)5-2/h8-9,11H,4-7H2,1-3H3,(H,12,13). The van der Waals surface area contributed by atoms with Crippen molar-refractivity contribution in [2.45, 2.75) is 58.5 Å². The smallest absolute Gasteiger partial charge is 0.304 e. The van der Waals surface area contributed by atoms with Gasteiger partial charge in [0.05, 0.1) is 6.42 Å². The summed E-state index contributed by atoms with van der Waals surface area (Å²) in [6.07, 6.45) is 3.25. The molecule has 0 radical (unpaired) electrons. The highest BCUT2D eigenvalue weighted by atomic mass is 16.4. The fourth-order valence-corrected chi connectivity index (χ4v) is 1.32. The summed E-state index contributed by atoms with van der Waals surface area (Å²) in [7, 11) is 0. The second-order valence-corrected chi connectivity index (χ2v) is 3.56. The average molecular weight is 187 g/mol. The van der Waals surface area contributed by atoms with Crippen LogP contribution in [0.25, 0.3) is 0 Å². The van der Waals surface area contributed by atoms with Gasteiger partial charge in [0.1, 0.15) is 0 Å². The molecule has 2 unspecified atom stereocenters. The molecule has 0 aliphatic rings. The zero-order valence-electron chi connectivity index (χ0n) is 8.84. The summed E-state index contributed by atoms with van der Waals surface area (Å²) in [4.78, 5) is 10.5. The van der Waals surface area contributed by atoms with Gasteiger partial charge in [-0.3, -0.25) is 4.79 Å². The van der Waals surface area contributed by atoms with Crippen molar-refractivity contribution < 1.29 is 9.90 Å². The summed E-state index contributed by atoms with van der Waals surface area (Å²) in [6.45, 7) is 6.26. The first-order valence-corrected chi connectivity index (χ1v) is 5.07. The maximum atomic E-state index is 10.5. The Morgan fingerprint density at radius 2 is 2.08 bits per heavy atom. The van der Waals surface area contributed by atoms with Crippen LogP contribution in [0.2, 0.25) is 0 Å². The molecule has 0 aliphatic heterocycles. The quantitative estimate of drug-likeness (QED) is 0.641. The lowest BCUT2D eigenvalue weighted by Gasteiger charge is -2.20. The Morgan fingerprint density at radius 1 is 1.46 bits per heavy atom. The van der Waals surface area contributed by atoms with E-state index in [1.165, 1.54) is 0 Å². The largest absolute Gasteiger partial charge is 0.481 e. The lowest BCUT2D eigenvalue weighted by atomic mass is 10.1. The number of carbonyl (C=O) groups is 1. The van der Waals surface area contributed by atoms with Gasteiger partial charge in [-0.25, -0.2) is 0 Å². The molecule has 0 heterocycles. The number of nitrogens with one attached hydrogen (secondary N) is 1. The van der Waals surface area contributed by atoms with Crippen LogP contribution in [-0.2, 0) is 4.79 Å². The number of aliphatic carboxylic acids is 1. The Bertz CT molecular complexity index is 148. The van der Waals surface area contributed by atoms with Gasteiger partial charge in [0, 0.05) is 12.1 Å². The molecule has 0 aromatic carbocycles. The molecule has 0 spiro atoms. The van der Waals surface area contributed by atoms with Gasteiger partial charge in [-0.2, -0.15) is 0 Å². The molecule has 0 aliphatic carbocycles. The average Bonchev–Trinajstić information content (AvgIpc) is 2.03. The van der Waals surface area contributed by atoms with E-state index in [1.54, 1.807) is 0 Å². The first-order valence-electron chi connectivity index (χ1n) is 5.07. The van der Waals surface area contributed by atoms with Crippen LogP contribution in [0.15, 0.2) is 0 Å². The van der Waals surface area contributed by atoms with Crippen LogP contribution >= 0.6 is 0 Å². The second-order valence-electron chi connectivity index (χ2n) is 3.56. The summed E-state index contributed by atoms with van der Waals surface area (Å²) >= 11 is 0. The molecule has 2 N–H and O–H groups in total. The third-order valence-corrected chi connectivity index (χ3v) is 2.19. The molecule has 2 atom stereocenters. The van der Waals surface area contributed by atoms with Crippen LogP contribution in [0.4, 0.5) is 0 Å². The molecule has 0 saturated heterocycles. The van der Waals surface area contributed by atoms with Gasteiger partial charge in [0.25, 0.3) is 0 Å². The van der Waals surface area contributed by atoms with E-state index in [0.717, 1.165) is 19.3 Å². The van der Waals surface area contributed by atoms with Gasteiger partial charge in [-0.1, -0.05) is 20.3 Å². The van der Waals surface area contributed by atoms with Gasteiger partial charge in [0.15, 0.2) is 0 Å². The molecule has 0 aromatic rings. The zero-order valence-corrected chi connectivity index (χ0v) is 8.84. The van der Waals surface area contributed by atoms with E-state index in [1.807, 2.05) is 0 Å². The summed E-state index contributed by atoms with van der Waals surface area (Å²) in [5.41, 5.74) is 0. The minimum Gasteiger partial charge on any atom is -0.481 e. The predicted octanol–water partition coefficient (Wildman–Crippen LogP) is 2.02. The van der Waals surface area contributed by atoms with Gasteiger partial charge >= 0.3 is 5.97 Å². The number of carboxylic acid groups (broad SMARTS) is 1. The Labute approximate surface area is 80.5 Å². The van der Waals surface area contributed by atoms with Gasteiger partial charge < -0.3 is 10.4 Å².